The van der Waals surface area contributed by atoms with Crippen molar-refractivity contribution in [3.8, 4) is 5.75 Å². The third-order valence-electron chi connectivity index (χ3n) is 1.64. The maximum Gasteiger partial charge on any atom is 0.128 e. The minimum atomic E-state index is 0.713. The summed E-state index contributed by atoms with van der Waals surface area (Å²) in [6.45, 7) is 0. The van der Waals surface area contributed by atoms with E-state index in [1.807, 2.05) is 24.5 Å². The van der Waals surface area contributed by atoms with Crippen LogP contribution >= 0.6 is 11.8 Å². The Bertz CT molecular complexity index is 312. The minimum absolute atomic E-state index is 0.713. The number of nitrogens with zero attached hydrogens (tertiary/aromatic N) is 1. The van der Waals surface area contributed by atoms with Crippen LogP contribution in [0.1, 0.15) is 5.56 Å². The molecule has 0 saturated heterocycles. The van der Waals surface area contributed by atoms with Crippen LogP contribution in [-0.4, -0.2) is 24.8 Å². The van der Waals surface area contributed by atoms with Crippen molar-refractivity contribution in [2.75, 3.05) is 13.4 Å². The topological polar surface area (TPSA) is 41.8 Å². The Morgan fingerprint density at radius 1 is 1.54 bits per heavy atom. The van der Waals surface area contributed by atoms with Gasteiger partial charge in [-0.3, -0.25) is 0 Å². The Morgan fingerprint density at radius 2 is 2.31 bits per heavy atom. The van der Waals surface area contributed by atoms with Gasteiger partial charge in [0.2, 0.25) is 0 Å². The molecule has 4 heteroatoms. The Morgan fingerprint density at radius 3 is 2.85 bits per heavy atom. The predicted molar refractivity (Wildman–Crippen MR) is 54.2 cm³/mol. The number of oxime groups is 1. The number of methoxy groups -OCH3 is 1. The van der Waals surface area contributed by atoms with Crippen molar-refractivity contribution in [3.63, 3.8) is 0 Å². The van der Waals surface area contributed by atoms with E-state index < -0.39 is 0 Å². The third kappa shape index (κ3) is 2.39. The number of hydrogen-bond donors (Lipinski definition) is 1. The Labute approximate surface area is 81.4 Å². The molecule has 13 heavy (non-hydrogen) atoms. The van der Waals surface area contributed by atoms with E-state index in [4.69, 9.17) is 9.94 Å². The van der Waals surface area contributed by atoms with Gasteiger partial charge in [0.05, 0.1) is 13.3 Å². The largest absolute Gasteiger partial charge is 0.496 e. The maximum atomic E-state index is 8.37. The van der Waals surface area contributed by atoms with Crippen LogP contribution in [0, 0.1) is 0 Å². The van der Waals surface area contributed by atoms with Gasteiger partial charge >= 0.3 is 0 Å². The molecule has 0 aliphatic carbocycles. The summed E-state index contributed by atoms with van der Waals surface area (Å²) in [7, 11) is 1.59. The molecule has 0 spiro atoms. The summed E-state index contributed by atoms with van der Waals surface area (Å²) in [6, 6.07) is 5.70. The van der Waals surface area contributed by atoms with E-state index in [1.54, 1.807) is 18.9 Å². The molecule has 0 unspecified atom stereocenters. The molecule has 0 amide bonds. The summed E-state index contributed by atoms with van der Waals surface area (Å²) in [4.78, 5) is 1.12. The molecule has 0 radical (unpaired) electrons. The molecule has 0 bridgehead atoms. The van der Waals surface area contributed by atoms with Crippen molar-refractivity contribution in [2.45, 2.75) is 4.90 Å². The highest BCUT2D eigenvalue weighted by atomic mass is 32.2. The molecule has 0 aromatic heterocycles. The van der Waals surface area contributed by atoms with Crippen LogP contribution in [-0.2, 0) is 0 Å². The number of rotatable bonds is 3. The fourth-order valence-electron chi connectivity index (χ4n) is 0.987. The zero-order valence-corrected chi connectivity index (χ0v) is 8.34. The van der Waals surface area contributed by atoms with Gasteiger partial charge in [0.1, 0.15) is 5.75 Å². The van der Waals surface area contributed by atoms with Gasteiger partial charge < -0.3 is 9.94 Å². The minimum Gasteiger partial charge on any atom is -0.496 e. The molecule has 1 N–H and O–H groups in total. The molecule has 0 aliphatic rings. The van der Waals surface area contributed by atoms with E-state index in [-0.39, 0.29) is 0 Å². The lowest BCUT2D eigenvalue weighted by molar-refractivity contribution is 0.321. The standard InChI is InChI=1S/C9H11NO2S/c1-12-9-5-8(13-2)4-3-7(9)6-10-11/h3-6,11H,1-2H3. The Balaban J connectivity index is 3.07. The summed E-state index contributed by atoms with van der Waals surface area (Å²) in [5.74, 6) is 0.713. The highest BCUT2D eigenvalue weighted by Crippen LogP contribution is 2.23. The van der Waals surface area contributed by atoms with Gasteiger partial charge in [-0.05, 0) is 24.5 Å². The van der Waals surface area contributed by atoms with E-state index in [9.17, 15) is 0 Å². The van der Waals surface area contributed by atoms with Crippen LogP contribution < -0.4 is 4.74 Å². The Kier molecular flexibility index (Phi) is 3.64. The van der Waals surface area contributed by atoms with E-state index in [1.165, 1.54) is 6.21 Å². The van der Waals surface area contributed by atoms with Crippen molar-refractivity contribution in [1.82, 2.24) is 0 Å². The first-order chi connectivity index (χ1) is 6.31. The maximum absolute atomic E-state index is 8.37. The first kappa shape index (κ1) is 9.92. The van der Waals surface area contributed by atoms with E-state index >= 15 is 0 Å². The lowest BCUT2D eigenvalue weighted by Crippen LogP contribution is -1.90. The zero-order valence-electron chi connectivity index (χ0n) is 7.52. The summed E-state index contributed by atoms with van der Waals surface area (Å²) < 4.78 is 5.12. The second-order valence-corrected chi connectivity index (χ2v) is 3.23. The molecule has 0 aliphatic heterocycles. The Hall–Kier alpha value is -1.16. The summed E-state index contributed by atoms with van der Waals surface area (Å²) in [6.07, 6.45) is 3.34. The molecular formula is C9H11NO2S. The zero-order chi connectivity index (χ0) is 9.68. The molecule has 1 rings (SSSR count). The fourth-order valence-corrected chi connectivity index (χ4v) is 1.42. The third-order valence-corrected chi connectivity index (χ3v) is 2.36. The normalized spacial score (nSPS) is 10.6. The predicted octanol–water partition coefficient (Wildman–Crippen LogP) is 2.23. The van der Waals surface area contributed by atoms with Crippen LogP contribution in [0.3, 0.4) is 0 Å². The number of ether oxygens (including phenoxy) is 1. The van der Waals surface area contributed by atoms with Gasteiger partial charge in [0, 0.05) is 10.5 Å². The van der Waals surface area contributed by atoms with Crippen molar-refractivity contribution in [2.24, 2.45) is 5.16 Å². The summed E-state index contributed by atoms with van der Waals surface area (Å²) in [5.41, 5.74) is 0.766. The molecule has 1 aromatic rings. The van der Waals surface area contributed by atoms with Crippen LogP contribution in [0.25, 0.3) is 0 Å². The van der Waals surface area contributed by atoms with Crippen LogP contribution in [0.5, 0.6) is 5.75 Å². The van der Waals surface area contributed by atoms with Crippen molar-refractivity contribution >= 4 is 18.0 Å². The quantitative estimate of drug-likeness (QED) is 0.349. The average molecular weight is 197 g/mol. The SMILES string of the molecule is COc1cc(SC)ccc1C=NO. The molecule has 1 aromatic carbocycles. The van der Waals surface area contributed by atoms with Gasteiger partial charge in [0.25, 0.3) is 0 Å². The second kappa shape index (κ2) is 4.77. The van der Waals surface area contributed by atoms with Crippen molar-refractivity contribution in [1.29, 1.82) is 0 Å². The number of hydrogen-bond acceptors (Lipinski definition) is 4. The molecule has 0 atom stereocenters. The first-order valence-corrected chi connectivity index (χ1v) is 4.93. The summed E-state index contributed by atoms with van der Waals surface area (Å²) >= 11 is 1.64. The van der Waals surface area contributed by atoms with Crippen LogP contribution in [0.2, 0.25) is 0 Å². The smallest absolute Gasteiger partial charge is 0.128 e. The average Bonchev–Trinajstić information content (AvgIpc) is 2.19. The number of benzene rings is 1. The highest BCUT2D eigenvalue weighted by molar-refractivity contribution is 7.98. The lowest BCUT2D eigenvalue weighted by Gasteiger charge is -2.05. The summed E-state index contributed by atoms with van der Waals surface area (Å²) in [5, 5.41) is 11.3. The number of thioether (sulfide) groups is 1. The van der Waals surface area contributed by atoms with Crippen LogP contribution in [0.4, 0.5) is 0 Å². The van der Waals surface area contributed by atoms with E-state index in [0.717, 1.165) is 10.5 Å². The van der Waals surface area contributed by atoms with Gasteiger partial charge in [-0.15, -0.1) is 11.8 Å². The lowest BCUT2D eigenvalue weighted by atomic mass is 10.2. The van der Waals surface area contributed by atoms with E-state index in [2.05, 4.69) is 5.16 Å². The van der Waals surface area contributed by atoms with Crippen molar-refractivity contribution in [3.05, 3.63) is 23.8 Å². The molecule has 0 saturated carbocycles. The first-order valence-electron chi connectivity index (χ1n) is 3.71. The monoisotopic (exact) mass is 197 g/mol. The molecule has 0 fully saturated rings. The fraction of sp³-hybridized carbons (Fsp3) is 0.222. The van der Waals surface area contributed by atoms with Gasteiger partial charge in [-0.2, -0.15) is 0 Å². The molecular weight excluding hydrogens is 186 g/mol. The molecule has 70 valence electrons. The van der Waals surface area contributed by atoms with E-state index in [0.29, 0.717) is 5.75 Å². The van der Waals surface area contributed by atoms with Gasteiger partial charge in [0.15, 0.2) is 0 Å². The van der Waals surface area contributed by atoms with Crippen molar-refractivity contribution < 1.29 is 9.94 Å². The van der Waals surface area contributed by atoms with Crippen LogP contribution in [0.15, 0.2) is 28.3 Å². The highest BCUT2D eigenvalue weighted by Gasteiger charge is 2.01. The van der Waals surface area contributed by atoms with Gasteiger partial charge in [-0.25, -0.2) is 0 Å². The molecule has 0 heterocycles. The van der Waals surface area contributed by atoms with Gasteiger partial charge in [-0.1, -0.05) is 5.16 Å². The second-order valence-electron chi connectivity index (χ2n) is 2.35. The molecule has 3 nitrogen and oxygen atoms in total.